The summed E-state index contributed by atoms with van der Waals surface area (Å²) in [6.45, 7) is 0. The van der Waals surface area contributed by atoms with Crippen LogP contribution in [0.1, 0.15) is 26.3 Å². The molecule has 4 nitrogen and oxygen atoms in total. The van der Waals surface area contributed by atoms with Gasteiger partial charge in [0, 0.05) is 11.4 Å². The second-order valence-electron chi connectivity index (χ2n) is 4.22. The van der Waals surface area contributed by atoms with Crippen molar-refractivity contribution in [2.75, 3.05) is 0 Å². The van der Waals surface area contributed by atoms with Gasteiger partial charge in [-0.05, 0) is 29.8 Å². The lowest BCUT2D eigenvalue weighted by atomic mass is 9.98. The number of aromatic hydroxyl groups is 1. The number of phenols is 1. The topological polar surface area (TPSA) is 74.6 Å². The number of ketones is 1. The first-order valence-electron chi connectivity index (χ1n) is 5.82. The third kappa shape index (κ3) is 2.97. The predicted octanol–water partition coefficient (Wildman–Crippen LogP) is 3.17. The zero-order valence-corrected chi connectivity index (χ0v) is 11.1. The summed E-state index contributed by atoms with van der Waals surface area (Å²) >= 11 is 5.79. The van der Waals surface area contributed by atoms with E-state index < -0.39 is 11.8 Å². The molecule has 0 bridgehead atoms. The Morgan fingerprint density at radius 3 is 2.45 bits per heavy atom. The van der Waals surface area contributed by atoms with Crippen LogP contribution < -0.4 is 0 Å². The lowest BCUT2D eigenvalue weighted by Crippen LogP contribution is -2.09. The van der Waals surface area contributed by atoms with Crippen molar-refractivity contribution in [3.05, 3.63) is 64.2 Å². The number of carboxylic acids is 1. The quantitative estimate of drug-likeness (QED) is 0.848. The molecular weight excluding hydrogens is 280 g/mol. The van der Waals surface area contributed by atoms with Crippen molar-refractivity contribution in [2.24, 2.45) is 0 Å². The first-order chi connectivity index (χ1) is 9.49. The molecule has 20 heavy (non-hydrogen) atoms. The lowest BCUT2D eigenvalue weighted by Gasteiger charge is -2.07. The predicted molar refractivity (Wildman–Crippen MR) is 74.6 cm³/mol. The fourth-order valence-corrected chi connectivity index (χ4v) is 2.06. The van der Waals surface area contributed by atoms with Crippen LogP contribution in [-0.4, -0.2) is 22.0 Å². The largest absolute Gasteiger partial charge is 0.507 e. The van der Waals surface area contributed by atoms with Crippen molar-refractivity contribution in [1.29, 1.82) is 0 Å². The van der Waals surface area contributed by atoms with E-state index in [1.165, 1.54) is 24.3 Å². The van der Waals surface area contributed by atoms with Gasteiger partial charge in [0.25, 0.3) is 0 Å². The Hall–Kier alpha value is -2.33. The Morgan fingerprint density at radius 1 is 1.05 bits per heavy atom. The highest BCUT2D eigenvalue weighted by Crippen LogP contribution is 2.23. The van der Waals surface area contributed by atoms with Crippen LogP contribution in [0.2, 0.25) is 5.02 Å². The number of aromatic carboxylic acids is 1. The molecule has 0 saturated carbocycles. The third-order valence-corrected chi connectivity index (χ3v) is 3.09. The minimum absolute atomic E-state index is 0.0716. The van der Waals surface area contributed by atoms with Crippen molar-refractivity contribution >= 4 is 23.4 Å². The molecule has 2 N–H and O–H groups in total. The highest BCUT2D eigenvalue weighted by Gasteiger charge is 2.16. The highest BCUT2D eigenvalue weighted by molar-refractivity contribution is 6.31. The van der Waals surface area contributed by atoms with Crippen LogP contribution >= 0.6 is 11.6 Å². The van der Waals surface area contributed by atoms with Crippen molar-refractivity contribution < 1.29 is 19.8 Å². The smallest absolute Gasteiger partial charge is 0.335 e. The Bertz CT molecular complexity index is 679. The molecular formula is C15H11ClO4. The standard InChI is InChI=1S/C15H11ClO4/c16-10-5-6-13(17)12(8-10)14(18)7-9-3-1-2-4-11(9)15(19)20/h1-6,8,17H,7H2,(H,19,20). The van der Waals surface area contributed by atoms with Crippen molar-refractivity contribution in [1.82, 2.24) is 0 Å². The number of rotatable bonds is 4. The van der Waals surface area contributed by atoms with Gasteiger partial charge < -0.3 is 10.2 Å². The first kappa shape index (κ1) is 14.1. The summed E-state index contributed by atoms with van der Waals surface area (Å²) in [7, 11) is 0. The fraction of sp³-hybridized carbons (Fsp3) is 0.0667. The van der Waals surface area contributed by atoms with E-state index >= 15 is 0 Å². The van der Waals surface area contributed by atoms with Gasteiger partial charge in [-0.25, -0.2) is 4.79 Å². The summed E-state index contributed by atoms with van der Waals surface area (Å²) in [5.74, 6) is -1.66. The van der Waals surface area contributed by atoms with Gasteiger partial charge in [-0.15, -0.1) is 0 Å². The summed E-state index contributed by atoms with van der Waals surface area (Å²) in [5, 5.41) is 19.1. The number of carbonyl (C=O) groups is 2. The molecule has 0 aromatic heterocycles. The Morgan fingerprint density at radius 2 is 1.75 bits per heavy atom. The van der Waals surface area contributed by atoms with E-state index in [0.717, 1.165) is 0 Å². The first-order valence-corrected chi connectivity index (χ1v) is 6.19. The number of hydrogen-bond donors (Lipinski definition) is 2. The zero-order chi connectivity index (χ0) is 14.7. The molecule has 0 aliphatic carbocycles. The Balaban J connectivity index is 2.33. The average molecular weight is 291 g/mol. The molecule has 0 heterocycles. The maximum absolute atomic E-state index is 12.2. The van der Waals surface area contributed by atoms with Crippen molar-refractivity contribution in [2.45, 2.75) is 6.42 Å². The Kier molecular flexibility index (Phi) is 4.05. The molecule has 2 aromatic rings. The minimum Gasteiger partial charge on any atom is -0.507 e. The number of carboxylic acid groups (broad SMARTS) is 1. The number of carbonyl (C=O) groups excluding carboxylic acids is 1. The number of benzene rings is 2. The van der Waals surface area contributed by atoms with E-state index in [0.29, 0.717) is 10.6 Å². The van der Waals surface area contributed by atoms with Crippen LogP contribution in [0.4, 0.5) is 0 Å². The van der Waals surface area contributed by atoms with Gasteiger partial charge in [0.1, 0.15) is 5.75 Å². The summed E-state index contributed by atoms with van der Waals surface area (Å²) in [4.78, 5) is 23.2. The molecule has 0 saturated heterocycles. The maximum Gasteiger partial charge on any atom is 0.335 e. The van der Waals surface area contributed by atoms with Gasteiger partial charge in [0.2, 0.25) is 0 Å². The van der Waals surface area contributed by atoms with Crippen LogP contribution in [0.3, 0.4) is 0 Å². The molecule has 0 aliphatic heterocycles. The van der Waals surface area contributed by atoms with Crippen LogP contribution in [0.5, 0.6) is 5.75 Å². The number of phenolic OH excluding ortho intramolecular Hbond substituents is 1. The van der Waals surface area contributed by atoms with Gasteiger partial charge >= 0.3 is 5.97 Å². The van der Waals surface area contributed by atoms with Gasteiger partial charge in [-0.3, -0.25) is 4.79 Å². The molecule has 2 rings (SSSR count). The van der Waals surface area contributed by atoms with Gasteiger partial charge in [-0.1, -0.05) is 29.8 Å². The van der Waals surface area contributed by atoms with E-state index in [9.17, 15) is 14.7 Å². The fourth-order valence-electron chi connectivity index (χ4n) is 1.88. The van der Waals surface area contributed by atoms with E-state index in [1.54, 1.807) is 18.2 Å². The molecule has 102 valence electrons. The van der Waals surface area contributed by atoms with E-state index in [4.69, 9.17) is 16.7 Å². The molecule has 0 atom stereocenters. The van der Waals surface area contributed by atoms with Crippen LogP contribution in [0.25, 0.3) is 0 Å². The van der Waals surface area contributed by atoms with Crippen LogP contribution in [0, 0.1) is 0 Å². The zero-order valence-electron chi connectivity index (χ0n) is 10.3. The molecule has 0 fully saturated rings. The van der Waals surface area contributed by atoms with E-state index in [1.807, 2.05) is 0 Å². The molecule has 5 heteroatoms. The maximum atomic E-state index is 12.2. The second kappa shape index (κ2) is 5.75. The molecule has 2 aromatic carbocycles. The highest BCUT2D eigenvalue weighted by atomic mass is 35.5. The van der Waals surface area contributed by atoms with Crippen LogP contribution in [-0.2, 0) is 6.42 Å². The molecule has 0 radical (unpaired) electrons. The number of hydrogen-bond acceptors (Lipinski definition) is 3. The third-order valence-electron chi connectivity index (χ3n) is 2.86. The SMILES string of the molecule is O=C(Cc1ccccc1C(=O)O)c1cc(Cl)ccc1O. The second-order valence-corrected chi connectivity index (χ2v) is 4.66. The minimum atomic E-state index is -1.09. The lowest BCUT2D eigenvalue weighted by molar-refractivity contribution is 0.0696. The van der Waals surface area contributed by atoms with E-state index in [-0.39, 0.29) is 23.3 Å². The summed E-state index contributed by atoms with van der Waals surface area (Å²) in [6, 6.07) is 10.4. The summed E-state index contributed by atoms with van der Waals surface area (Å²) in [6.07, 6.45) is -0.115. The van der Waals surface area contributed by atoms with Crippen molar-refractivity contribution in [3.63, 3.8) is 0 Å². The molecule has 0 aliphatic rings. The van der Waals surface area contributed by atoms with Gasteiger partial charge in [0.15, 0.2) is 5.78 Å². The van der Waals surface area contributed by atoms with E-state index in [2.05, 4.69) is 0 Å². The van der Waals surface area contributed by atoms with Crippen molar-refractivity contribution in [3.8, 4) is 5.75 Å². The summed E-state index contributed by atoms with van der Waals surface area (Å²) in [5.41, 5.74) is 0.546. The van der Waals surface area contributed by atoms with Gasteiger partial charge in [0.05, 0.1) is 11.1 Å². The molecule has 0 spiro atoms. The van der Waals surface area contributed by atoms with Crippen LogP contribution in [0.15, 0.2) is 42.5 Å². The number of Topliss-reactive ketones (excluding diaryl/α,β-unsaturated/α-hetero) is 1. The molecule has 0 unspecified atom stereocenters. The molecule has 0 amide bonds. The average Bonchev–Trinajstić information content (AvgIpc) is 2.41. The van der Waals surface area contributed by atoms with Gasteiger partial charge in [-0.2, -0.15) is 0 Å². The number of halogens is 1. The monoisotopic (exact) mass is 290 g/mol. The summed E-state index contributed by atoms with van der Waals surface area (Å²) < 4.78 is 0. The Labute approximate surface area is 120 Å². The normalized spacial score (nSPS) is 10.2.